The molecule has 1 unspecified atom stereocenters. The first-order valence-corrected chi connectivity index (χ1v) is 9.64. The van der Waals surface area contributed by atoms with Gasteiger partial charge in [-0.15, -0.1) is 5.10 Å². The van der Waals surface area contributed by atoms with Crippen molar-refractivity contribution in [1.29, 1.82) is 0 Å². The van der Waals surface area contributed by atoms with Gasteiger partial charge in [-0.25, -0.2) is 9.58 Å². The van der Waals surface area contributed by atoms with Gasteiger partial charge in [0.2, 0.25) is 17.8 Å². The Kier molecular flexibility index (Phi) is 4.31. The zero-order valence-electron chi connectivity index (χ0n) is 16.3. The van der Waals surface area contributed by atoms with Crippen LogP contribution in [0.15, 0.2) is 60.7 Å². The van der Waals surface area contributed by atoms with Crippen LogP contribution in [-0.2, 0) is 9.59 Å². The summed E-state index contributed by atoms with van der Waals surface area (Å²) in [6.45, 7) is 0. The van der Waals surface area contributed by atoms with E-state index < -0.39 is 0 Å². The van der Waals surface area contributed by atoms with E-state index in [1.165, 1.54) is 0 Å². The van der Waals surface area contributed by atoms with Crippen LogP contribution >= 0.6 is 0 Å². The van der Waals surface area contributed by atoms with Gasteiger partial charge in [0.15, 0.2) is 0 Å². The van der Waals surface area contributed by atoms with Crippen molar-refractivity contribution < 1.29 is 14.3 Å². The van der Waals surface area contributed by atoms with Crippen LogP contribution in [0.1, 0.15) is 30.0 Å². The molecule has 5 rings (SSSR count). The van der Waals surface area contributed by atoms with Crippen LogP contribution < -0.4 is 15.0 Å². The highest BCUT2D eigenvalue weighted by Crippen LogP contribution is 2.34. The lowest BCUT2D eigenvalue weighted by molar-refractivity contribution is -0.121. The van der Waals surface area contributed by atoms with Crippen molar-refractivity contribution in [3.05, 3.63) is 71.8 Å². The van der Waals surface area contributed by atoms with Gasteiger partial charge >= 0.3 is 0 Å². The fourth-order valence-electron chi connectivity index (χ4n) is 3.70. The summed E-state index contributed by atoms with van der Waals surface area (Å²) in [4.78, 5) is 29.9. The Labute approximate surface area is 172 Å². The smallest absolute Gasteiger partial charge is 0.260 e. The van der Waals surface area contributed by atoms with Gasteiger partial charge in [0.25, 0.3) is 5.95 Å². The molecule has 2 aromatic carbocycles. The Morgan fingerprint density at radius 2 is 1.70 bits per heavy atom. The number of fused-ring (bicyclic) bond motifs is 1. The minimum absolute atomic E-state index is 0.103. The number of hydrogen-bond acceptors (Lipinski definition) is 6. The fraction of sp³-hybridized carbons (Fsp3) is 0.182. The number of ether oxygens (including phenoxy) is 1. The van der Waals surface area contributed by atoms with Gasteiger partial charge in [0.1, 0.15) is 11.8 Å². The monoisotopic (exact) mass is 401 g/mol. The second-order valence-corrected chi connectivity index (χ2v) is 7.09. The minimum Gasteiger partial charge on any atom is -0.497 e. The van der Waals surface area contributed by atoms with Gasteiger partial charge < -0.3 is 10.1 Å². The van der Waals surface area contributed by atoms with Crippen molar-refractivity contribution in [2.75, 3.05) is 17.3 Å². The van der Waals surface area contributed by atoms with Gasteiger partial charge in [-0.2, -0.15) is 4.98 Å². The predicted molar refractivity (Wildman–Crippen MR) is 111 cm³/mol. The molecule has 0 aliphatic carbocycles. The number of hydrogen-bond donors (Lipinski definition) is 1. The first-order chi connectivity index (χ1) is 14.6. The van der Waals surface area contributed by atoms with Crippen molar-refractivity contribution in [3.63, 3.8) is 0 Å². The van der Waals surface area contributed by atoms with E-state index in [1.54, 1.807) is 11.8 Å². The topological polar surface area (TPSA) is 89.3 Å². The van der Waals surface area contributed by atoms with Crippen molar-refractivity contribution in [2.45, 2.75) is 18.9 Å². The molecule has 0 spiro atoms. The molecule has 1 atom stereocenters. The molecule has 1 N–H and O–H groups in total. The number of imide groups is 1. The number of anilines is 2. The van der Waals surface area contributed by atoms with Gasteiger partial charge in [-0.1, -0.05) is 42.5 Å². The summed E-state index contributed by atoms with van der Waals surface area (Å²) < 4.78 is 6.96. The molecule has 8 heteroatoms. The van der Waals surface area contributed by atoms with Gasteiger partial charge in [0, 0.05) is 18.5 Å². The molecule has 3 heterocycles. The Hall–Kier alpha value is -3.94. The highest BCUT2D eigenvalue weighted by atomic mass is 16.5. The molecule has 2 aliphatic rings. The zero-order valence-corrected chi connectivity index (χ0v) is 16.3. The summed E-state index contributed by atoms with van der Waals surface area (Å²) in [7, 11) is 1.62. The maximum Gasteiger partial charge on any atom is 0.260 e. The number of carbonyl (C=O) groups is 2. The Balaban J connectivity index is 1.60. The summed E-state index contributed by atoms with van der Waals surface area (Å²) >= 11 is 0. The molecule has 3 aromatic rings. The Morgan fingerprint density at radius 1 is 1.00 bits per heavy atom. The van der Waals surface area contributed by atoms with E-state index >= 15 is 0 Å². The molecule has 30 heavy (non-hydrogen) atoms. The molecule has 1 aromatic heterocycles. The molecule has 150 valence electrons. The number of rotatable bonds is 4. The lowest BCUT2D eigenvalue weighted by Gasteiger charge is -2.24. The lowest BCUT2D eigenvalue weighted by Crippen LogP contribution is -2.29. The summed E-state index contributed by atoms with van der Waals surface area (Å²) in [6, 6.07) is 17.3. The van der Waals surface area contributed by atoms with Crippen molar-refractivity contribution in [2.24, 2.45) is 0 Å². The third-order valence-corrected chi connectivity index (χ3v) is 5.25. The number of amides is 2. The molecule has 0 saturated carbocycles. The predicted octanol–water partition coefficient (Wildman–Crippen LogP) is 3.00. The highest BCUT2D eigenvalue weighted by molar-refractivity contribution is 6.18. The first-order valence-electron chi connectivity index (χ1n) is 9.64. The molecule has 0 radical (unpaired) electrons. The van der Waals surface area contributed by atoms with E-state index in [0.717, 1.165) is 27.5 Å². The van der Waals surface area contributed by atoms with Gasteiger partial charge in [-0.05, 0) is 29.3 Å². The van der Waals surface area contributed by atoms with Crippen LogP contribution in [0.2, 0.25) is 0 Å². The van der Waals surface area contributed by atoms with Crippen LogP contribution in [0.25, 0.3) is 5.70 Å². The van der Waals surface area contributed by atoms with Crippen molar-refractivity contribution in [1.82, 2.24) is 14.8 Å². The number of aromatic nitrogens is 3. The number of methoxy groups -OCH3 is 1. The van der Waals surface area contributed by atoms with Gasteiger partial charge in [0.05, 0.1) is 7.11 Å². The number of carbonyl (C=O) groups excluding carboxylic acids is 2. The van der Waals surface area contributed by atoms with Crippen LogP contribution in [0.4, 0.5) is 11.9 Å². The third-order valence-electron chi connectivity index (χ3n) is 5.25. The average Bonchev–Trinajstić information content (AvgIpc) is 3.35. The van der Waals surface area contributed by atoms with Crippen LogP contribution in [0, 0.1) is 0 Å². The Morgan fingerprint density at radius 3 is 2.37 bits per heavy atom. The van der Waals surface area contributed by atoms with Gasteiger partial charge in [-0.3, -0.25) is 9.59 Å². The Bertz CT molecular complexity index is 1140. The highest BCUT2D eigenvalue weighted by Gasteiger charge is 2.35. The molecule has 1 fully saturated rings. The van der Waals surface area contributed by atoms with Crippen LogP contribution in [0.5, 0.6) is 5.75 Å². The lowest BCUT2D eigenvalue weighted by atomic mass is 10.0. The van der Waals surface area contributed by atoms with Crippen molar-refractivity contribution >= 4 is 29.4 Å². The van der Waals surface area contributed by atoms with E-state index in [-0.39, 0.29) is 36.6 Å². The SMILES string of the molecule is COc1ccc(C2C=C(c3ccccc3)Nc3nc(N4C(=O)CCC4=O)nn32)cc1. The molecule has 2 aliphatic heterocycles. The summed E-state index contributed by atoms with van der Waals surface area (Å²) in [6.07, 6.45) is 2.42. The second-order valence-electron chi connectivity index (χ2n) is 7.09. The molecule has 1 saturated heterocycles. The van der Waals surface area contributed by atoms with E-state index in [0.29, 0.717) is 5.95 Å². The summed E-state index contributed by atoms with van der Waals surface area (Å²) in [5.41, 5.74) is 2.85. The van der Waals surface area contributed by atoms with Crippen molar-refractivity contribution in [3.8, 4) is 5.75 Å². The number of nitrogens with one attached hydrogen (secondary N) is 1. The maximum atomic E-state index is 12.2. The maximum absolute atomic E-state index is 12.2. The van der Waals surface area contributed by atoms with E-state index in [9.17, 15) is 9.59 Å². The molecule has 2 amide bonds. The van der Waals surface area contributed by atoms with Crippen LogP contribution in [-0.4, -0.2) is 33.7 Å². The normalized spacial score (nSPS) is 18.1. The number of benzene rings is 2. The molecular weight excluding hydrogens is 382 g/mol. The number of allylic oxidation sites excluding steroid dienone is 1. The minimum atomic E-state index is -0.278. The largest absolute Gasteiger partial charge is 0.497 e. The first kappa shape index (κ1) is 18.1. The van der Waals surface area contributed by atoms with E-state index in [1.807, 2.05) is 54.6 Å². The van der Waals surface area contributed by atoms with E-state index in [2.05, 4.69) is 21.5 Å². The molecule has 0 bridgehead atoms. The summed E-state index contributed by atoms with van der Waals surface area (Å²) in [5, 5.41) is 7.80. The second kappa shape index (κ2) is 7.14. The standard InChI is InChI=1S/C22H19N5O3/c1-30-16-9-7-15(8-10-16)18-13-17(14-5-3-2-4-6-14)23-21-24-22(25-27(18)21)26-19(28)11-12-20(26)29/h2-10,13,18H,11-12H2,1H3,(H,23,24,25). The van der Waals surface area contributed by atoms with Crippen LogP contribution in [0.3, 0.4) is 0 Å². The van der Waals surface area contributed by atoms with E-state index in [4.69, 9.17) is 4.74 Å². The summed E-state index contributed by atoms with van der Waals surface area (Å²) in [5.74, 6) is 0.777. The fourth-order valence-corrected chi connectivity index (χ4v) is 3.70. The molecular formula is C22H19N5O3. The third kappa shape index (κ3) is 3.02. The zero-order chi connectivity index (χ0) is 20.7. The quantitative estimate of drug-likeness (QED) is 0.676. The number of nitrogens with zero attached hydrogens (tertiary/aromatic N) is 4. The average molecular weight is 401 g/mol. The molecule has 8 nitrogen and oxygen atoms in total.